The molecule has 0 saturated heterocycles. The van der Waals surface area contributed by atoms with E-state index in [9.17, 15) is 4.79 Å². The zero-order valence-corrected chi connectivity index (χ0v) is 8.10. The number of nitrogens with one attached hydrogen (secondary N) is 1. The Balaban J connectivity index is 2.12. The third kappa shape index (κ3) is 1.27. The van der Waals surface area contributed by atoms with E-state index in [-0.39, 0.29) is 5.78 Å². The quantitative estimate of drug-likeness (QED) is 0.608. The highest BCUT2D eigenvalue weighted by Gasteiger charge is 2.24. The molecule has 1 aliphatic carbocycles. The molecule has 0 saturated carbocycles. The topological polar surface area (TPSA) is 21.5 Å². The average molecular weight is 196 g/mol. The first-order valence-electron chi connectivity index (χ1n) is 4.93. The molecule has 0 amide bonds. The third-order valence-electron chi connectivity index (χ3n) is 2.71. The summed E-state index contributed by atoms with van der Waals surface area (Å²) in [5.41, 5.74) is 2.99. The van der Waals surface area contributed by atoms with Crippen LogP contribution in [0.15, 0.2) is 71.8 Å². The van der Waals surface area contributed by atoms with Gasteiger partial charge in [0.1, 0.15) is 18.1 Å². The molecule has 0 aromatic rings. The van der Waals surface area contributed by atoms with Crippen LogP contribution in [0.3, 0.4) is 0 Å². The van der Waals surface area contributed by atoms with Gasteiger partial charge in [0.25, 0.3) is 0 Å². The van der Waals surface area contributed by atoms with Crippen molar-refractivity contribution >= 4 is 5.78 Å². The lowest BCUT2D eigenvalue weighted by molar-refractivity contribution is -0.743. The van der Waals surface area contributed by atoms with Crippen molar-refractivity contribution in [2.75, 3.05) is 0 Å². The zero-order valence-electron chi connectivity index (χ0n) is 8.10. The Hall–Kier alpha value is -1.93. The molecule has 15 heavy (non-hydrogen) atoms. The van der Waals surface area contributed by atoms with Gasteiger partial charge in [0, 0.05) is 12.2 Å². The van der Waals surface area contributed by atoms with E-state index in [1.54, 1.807) is 12.2 Å². The summed E-state index contributed by atoms with van der Waals surface area (Å²) in [6.07, 6.45) is 17.5. The van der Waals surface area contributed by atoms with Gasteiger partial charge in [-0.2, -0.15) is 0 Å². The molecule has 72 valence electrons. The van der Waals surface area contributed by atoms with Gasteiger partial charge in [0.15, 0.2) is 5.78 Å². The van der Waals surface area contributed by atoms with Gasteiger partial charge in [0.05, 0.1) is 5.57 Å². The van der Waals surface area contributed by atoms with Gasteiger partial charge in [-0.05, 0) is 17.7 Å². The molecule has 3 rings (SSSR count). The van der Waals surface area contributed by atoms with Crippen molar-refractivity contribution in [1.82, 2.24) is 0 Å². The monoisotopic (exact) mass is 196 g/mol. The molecule has 1 atom stereocenters. The fraction of sp³-hybridized carbons (Fsp3) is 0. The number of fused-ring (bicyclic) bond motifs is 2. The predicted molar refractivity (Wildman–Crippen MR) is 57.6 cm³/mol. The standard InChI is InChI=1S/C13H9NO/c15-13-6-3-4-10-8-11-5-1-2-7-14(11)9-12(10)13/h1-9H/p+1. The lowest BCUT2D eigenvalue weighted by Gasteiger charge is -2.20. The smallest absolute Gasteiger partial charge is 0.191 e. The second-order valence-corrected chi connectivity index (χ2v) is 3.68. The number of quaternary nitrogens is 1. The zero-order chi connectivity index (χ0) is 10.3. The minimum Gasteiger partial charge on any atom is -0.289 e. The number of carbonyl (C=O) groups excluding carboxylic acids is 1. The molecule has 3 aliphatic rings. The Morgan fingerprint density at radius 3 is 2.93 bits per heavy atom. The van der Waals surface area contributed by atoms with Crippen molar-refractivity contribution < 1.29 is 9.69 Å². The Morgan fingerprint density at radius 1 is 1.07 bits per heavy atom. The van der Waals surface area contributed by atoms with E-state index in [4.69, 9.17) is 0 Å². The van der Waals surface area contributed by atoms with E-state index in [0.29, 0.717) is 0 Å². The Morgan fingerprint density at radius 2 is 2.00 bits per heavy atom. The fourth-order valence-electron chi connectivity index (χ4n) is 1.94. The minimum atomic E-state index is 0.0956. The van der Waals surface area contributed by atoms with E-state index >= 15 is 0 Å². The molecule has 1 unspecified atom stereocenters. The number of hydrogen-bond acceptors (Lipinski definition) is 1. The van der Waals surface area contributed by atoms with Crippen molar-refractivity contribution in [3.63, 3.8) is 0 Å². The third-order valence-corrected chi connectivity index (χ3v) is 2.71. The molecular weight excluding hydrogens is 186 g/mol. The van der Waals surface area contributed by atoms with E-state index in [1.807, 2.05) is 30.6 Å². The van der Waals surface area contributed by atoms with Crippen molar-refractivity contribution in [2.24, 2.45) is 0 Å². The Labute approximate surface area is 87.9 Å². The number of rotatable bonds is 0. The summed E-state index contributed by atoms with van der Waals surface area (Å²) in [6, 6.07) is 0. The molecule has 0 aromatic heterocycles. The van der Waals surface area contributed by atoms with Crippen molar-refractivity contribution in [3.8, 4) is 0 Å². The summed E-state index contributed by atoms with van der Waals surface area (Å²) in [5.74, 6) is 0.0956. The molecule has 0 fully saturated rings. The maximum atomic E-state index is 11.6. The summed E-state index contributed by atoms with van der Waals surface area (Å²) >= 11 is 0. The molecule has 2 nitrogen and oxygen atoms in total. The molecule has 0 bridgehead atoms. The molecule has 0 aromatic carbocycles. The first kappa shape index (κ1) is 8.38. The highest BCUT2D eigenvalue weighted by molar-refractivity contribution is 6.09. The van der Waals surface area contributed by atoms with Crippen molar-refractivity contribution in [1.29, 1.82) is 0 Å². The number of hydrogen-bond donors (Lipinski definition) is 1. The second-order valence-electron chi connectivity index (χ2n) is 3.68. The normalized spacial score (nSPS) is 26.5. The van der Waals surface area contributed by atoms with Crippen molar-refractivity contribution in [2.45, 2.75) is 0 Å². The number of ketones is 1. The molecule has 0 spiro atoms. The van der Waals surface area contributed by atoms with Crippen LogP contribution in [0.25, 0.3) is 0 Å². The van der Waals surface area contributed by atoms with Gasteiger partial charge in [-0.25, -0.2) is 4.90 Å². The average Bonchev–Trinajstić information content (AvgIpc) is 2.27. The largest absolute Gasteiger partial charge is 0.289 e. The number of allylic oxidation sites excluding steroid dienone is 9. The lowest BCUT2D eigenvalue weighted by atomic mass is 9.94. The molecule has 2 aliphatic heterocycles. The summed E-state index contributed by atoms with van der Waals surface area (Å²) < 4.78 is 0. The van der Waals surface area contributed by atoms with E-state index < -0.39 is 0 Å². The highest BCUT2D eigenvalue weighted by Crippen LogP contribution is 2.20. The fourth-order valence-corrected chi connectivity index (χ4v) is 1.94. The summed E-state index contributed by atoms with van der Waals surface area (Å²) in [6.45, 7) is 0. The maximum Gasteiger partial charge on any atom is 0.191 e. The summed E-state index contributed by atoms with van der Waals surface area (Å²) in [7, 11) is 0. The Kier molecular flexibility index (Phi) is 1.70. The van der Waals surface area contributed by atoms with Crippen LogP contribution in [-0.2, 0) is 4.79 Å². The van der Waals surface area contributed by atoms with Crippen LogP contribution >= 0.6 is 0 Å². The first-order chi connectivity index (χ1) is 7.34. The van der Waals surface area contributed by atoms with Crippen molar-refractivity contribution in [3.05, 3.63) is 71.8 Å². The summed E-state index contributed by atoms with van der Waals surface area (Å²) in [4.78, 5) is 12.7. The first-order valence-corrected chi connectivity index (χ1v) is 4.93. The second kappa shape index (κ2) is 3.04. The number of carbonyl (C=O) groups is 1. The van der Waals surface area contributed by atoms with Gasteiger partial charge >= 0.3 is 0 Å². The Bertz CT molecular complexity index is 513. The highest BCUT2D eigenvalue weighted by atomic mass is 16.1. The molecule has 2 heteroatoms. The van der Waals surface area contributed by atoms with Gasteiger partial charge in [-0.1, -0.05) is 18.2 Å². The van der Waals surface area contributed by atoms with Crippen LogP contribution in [0.2, 0.25) is 0 Å². The SMILES string of the molecule is O=C1C=CC=C2C=C3C=CC=C[NH+]3C=C12. The van der Waals surface area contributed by atoms with Gasteiger partial charge in [0.2, 0.25) is 0 Å². The summed E-state index contributed by atoms with van der Waals surface area (Å²) in [5, 5.41) is 0. The van der Waals surface area contributed by atoms with Gasteiger partial charge in [-0.3, -0.25) is 4.79 Å². The predicted octanol–water partition coefficient (Wildman–Crippen LogP) is 0.801. The molecule has 2 heterocycles. The van der Waals surface area contributed by atoms with E-state index in [1.165, 1.54) is 5.70 Å². The van der Waals surface area contributed by atoms with E-state index in [0.717, 1.165) is 16.0 Å². The van der Waals surface area contributed by atoms with Crippen LogP contribution in [0.5, 0.6) is 0 Å². The minimum absolute atomic E-state index is 0.0956. The maximum absolute atomic E-state index is 11.6. The molecule has 1 N–H and O–H groups in total. The van der Waals surface area contributed by atoms with Crippen LogP contribution in [0.1, 0.15) is 0 Å². The van der Waals surface area contributed by atoms with Crippen LogP contribution in [0, 0.1) is 0 Å². The van der Waals surface area contributed by atoms with Gasteiger partial charge in [-0.15, -0.1) is 0 Å². The van der Waals surface area contributed by atoms with Crippen LogP contribution in [-0.4, -0.2) is 5.78 Å². The van der Waals surface area contributed by atoms with Crippen LogP contribution in [0.4, 0.5) is 0 Å². The molecule has 0 radical (unpaired) electrons. The van der Waals surface area contributed by atoms with Crippen LogP contribution < -0.4 is 4.90 Å². The molecular formula is C13H10NO+. The lowest BCUT2D eigenvalue weighted by Crippen LogP contribution is -3.01. The van der Waals surface area contributed by atoms with E-state index in [2.05, 4.69) is 12.2 Å². The van der Waals surface area contributed by atoms with Gasteiger partial charge < -0.3 is 0 Å².